The summed E-state index contributed by atoms with van der Waals surface area (Å²) in [7, 11) is 1.54. The average Bonchev–Trinajstić information content (AvgIpc) is 3.36. The maximum atomic E-state index is 11.9. The molecule has 2 heterocycles. The van der Waals surface area contributed by atoms with Crippen molar-refractivity contribution in [3.8, 4) is 17.4 Å². The molecule has 0 saturated heterocycles. The molecule has 12 heteroatoms. The van der Waals surface area contributed by atoms with E-state index in [0.29, 0.717) is 11.3 Å². The summed E-state index contributed by atoms with van der Waals surface area (Å²) < 4.78 is 15.5. The van der Waals surface area contributed by atoms with Gasteiger partial charge in [-0.2, -0.15) is 5.10 Å². The molecular weight excluding hydrogens is 390 g/mol. The van der Waals surface area contributed by atoms with Gasteiger partial charge in [0, 0.05) is 5.56 Å². The molecule has 2 aromatic heterocycles. The minimum atomic E-state index is -0.675. The summed E-state index contributed by atoms with van der Waals surface area (Å²) in [4.78, 5) is 21.8. The number of hydrogen-bond donors (Lipinski definition) is 1. The Morgan fingerprint density at radius 2 is 2.14 bits per heavy atom. The minimum Gasteiger partial charge on any atom is -0.496 e. The maximum Gasteiger partial charge on any atom is 0.433 e. The zero-order valence-corrected chi connectivity index (χ0v) is 15.2. The van der Waals surface area contributed by atoms with Crippen molar-refractivity contribution in [3.05, 3.63) is 52.1 Å². The summed E-state index contributed by atoms with van der Waals surface area (Å²) in [6, 6.07) is 9.74. The van der Waals surface area contributed by atoms with Crippen LogP contribution in [0.5, 0.6) is 5.75 Å². The van der Waals surface area contributed by atoms with Gasteiger partial charge in [-0.25, -0.2) is 5.43 Å². The number of hydrogen-bond acceptors (Lipinski definition) is 10. The van der Waals surface area contributed by atoms with Crippen molar-refractivity contribution in [2.45, 2.75) is 5.22 Å². The molecule has 0 aliphatic carbocycles. The van der Waals surface area contributed by atoms with Crippen LogP contribution in [0.2, 0.25) is 0 Å². The highest BCUT2D eigenvalue weighted by molar-refractivity contribution is 7.99. The molecule has 144 valence electrons. The number of nitrogens with one attached hydrogen (secondary N) is 1. The highest BCUT2D eigenvalue weighted by atomic mass is 32.2. The predicted molar refractivity (Wildman–Crippen MR) is 98.1 cm³/mol. The van der Waals surface area contributed by atoms with E-state index >= 15 is 0 Å². The third-order valence-electron chi connectivity index (χ3n) is 3.25. The van der Waals surface area contributed by atoms with Gasteiger partial charge in [-0.15, -0.1) is 10.2 Å². The van der Waals surface area contributed by atoms with Gasteiger partial charge in [0.05, 0.1) is 25.1 Å². The normalized spacial score (nSPS) is 10.9. The highest BCUT2D eigenvalue weighted by Crippen LogP contribution is 2.27. The van der Waals surface area contributed by atoms with E-state index in [4.69, 9.17) is 13.6 Å². The van der Waals surface area contributed by atoms with Crippen LogP contribution in [0.4, 0.5) is 5.88 Å². The second kappa shape index (κ2) is 8.81. The number of aromatic nitrogens is 2. The number of methoxy groups -OCH3 is 1. The molecule has 11 nitrogen and oxygen atoms in total. The maximum absolute atomic E-state index is 11.9. The van der Waals surface area contributed by atoms with Gasteiger partial charge < -0.3 is 13.6 Å². The molecule has 0 saturated carbocycles. The molecule has 1 aromatic carbocycles. The number of amides is 1. The number of hydrazone groups is 1. The SMILES string of the molecule is COc1ccccc1/C=N/NC(=O)CSc1nnc(-c2ccc([N+](=O)[O-])o2)o1. The molecule has 28 heavy (non-hydrogen) atoms. The van der Waals surface area contributed by atoms with Crippen molar-refractivity contribution in [1.82, 2.24) is 15.6 Å². The zero-order valence-electron chi connectivity index (χ0n) is 14.4. The monoisotopic (exact) mass is 403 g/mol. The van der Waals surface area contributed by atoms with Gasteiger partial charge in [0.1, 0.15) is 10.7 Å². The Balaban J connectivity index is 1.51. The van der Waals surface area contributed by atoms with Crippen LogP contribution >= 0.6 is 11.8 Å². The van der Waals surface area contributed by atoms with E-state index in [-0.39, 0.29) is 28.5 Å². The van der Waals surface area contributed by atoms with Crippen LogP contribution < -0.4 is 10.2 Å². The number of carbonyl (C=O) groups is 1. The standard InChI is InChI=1S/C16H13N5O6S/c1-25-11-5-3-2-4-10(11)8-17-18-13(22)9-28-16-20-19-15(27-16)12-6-7-14(26-12)21(23)24/h2-8H,9H2,1H3,(H,18,22)/b17-8+. The number of rotatable bonds is 8. The fourth-order valence-corrected chi connectivity index (χ4v) is 2.57. The van der Waals surface area contributed by atoms with Crippen LogP contribution in [0, 0.1) is 10.1 Å². The number of nitrogens with zero attached hydrogens (tertiary/aromatic N) is 4. The van der Waals surface area contributed by atoms with Crippen molar-refractivity contribution in [1.29, 1.82) is 0 Å². The van der Waals surface area contributed by atoms with Gasteiger partial charge in [-0.1, -0.05) is 23.9 Å². The third-order valence-corrected chi connectivity index (χ3v) is 4.07. The minimum absolute atomic E-state index is 0.0230. The smallest absolute Gasteiger partial charge is 0.433 e. The van der Waals surface area contributed by atoms with Crippen LogP contribution in [-0.2, 0) is 4.79 Å². The van der Waals surface area contributed by atoms with E-state index < -0.39 is 10.8 Å². The molecule has 0 fully saturated rings. The molecule has 0 radical (unpaired) electrons. The third kappa shape index (κ3) is 4.73. The summed E-state index contributed by atoms with van der Waals surface area (Å²) in [5.74, 6) is -0.170. The molecule has 3 rings (SSSR count). The number of para-hydroxylation sites is 1. The van der Waals surface area contributed by atoms with E-state index in [2.05, 4.69) is 20.7 Å². The van der Waals surface area contributed by atoms with Crippen LogP contribution in [-0.4, -0.2) is 40.1 Å². The summed E-state index contributed by atoms with van der Waals surface area (Å²) in [5.41, 5.74) is 3.09. The quantitative estimate of drug-likeness (QED) is 0.259. The molecular formula is C16H13N5O6S. The van der Waals surface area contributed by atoms with E-state index in [1.807, 2.05) is 12.1 Å². The fourth-order valence-electron chi connectivity index (χ4n) is 2.01. The largest absolute Gasteiger partial charge is 0.496 e. The lowest BCUT2D eigenvalue weighted by Crippen LogP contribution is -2.19. The first kappa shape index (κ1) is 19.1. The molecule has 0 spiro atoms. The summed E-state index contributed by atoms with van der Waals surface area (Å²) in [5, 5.41) is 22.1. The summed E-state index contributed by atoms with van der Waals surface area (Å²) >= 11 is 0.985. The molecule has 0 aliphatic heterocycles. The van der Waals surface area contributed by atoms with Gasteiger partial charge in [0.15, 0.2) is 5.76 Å². The number of benzene rings is 1. The van der Waals surface area contributed by atoms with Crippen LogP contribution in [0.3, 0.4) is 0 Å². The molecule has 1 N–H and O–H groups in total. The molecule has 3 aromatic rings. The van der Waals surface area contributed by atoms with Crippen LogP contribution in [0.1, 0.15) is 5.56 Å². The van der Waals surface area contributed by atoms with Crippen molar-refractivity contribution < 1.29 is 23.3 Å². The van der Waals surface area contributed by atoms with Crippen molar-refractivity contribution in [2.75, 3.05) is 12.9 Å². The molecule has 0 unspecified atom stereocenters. The van der Waals surface area contributed by atoms with E-state index in [9.17, 15) is 14.9 Å². The lowest BCUT2D eigenvalue weighted by Gasteiger charge is -2.02. The Morgan fingerprint density at radius 1 is 1.32 bits per heavy atom. The van der Waals surface area contributed by atoms with E-state index in [0.717, 1.165) is 11.8 Å². The first-order chi connectivity index (χ1) is 13.6. The van der Waals surface area contributed by atoms with Gasteiger partial charge in [0.2, 0.25) is 0 Å². The lowest BCUT2D eigenvalue weighted by molar-refractivity contribution is -0.401. The van der Waals surface area contributed by atoms with Crippen molar-refractivity contribution >= 4 is 29.8 Å². The second-order valence-corrected chi connectivity index (χ2v) is 6.02. The zero-order chi connectivity index (χ0) is 19.9. The number of ether oxygens (including phenoxy) is 1. The Hall–Kier alpha value is -3.67. The summed E-state index contributed by atoms with van der Waals surface area (Å²) in [6.45, 7) is 0. The second-order valence-electron chi connectivity index (χ2n) is 5.09. The summed E-state index contributed by atoms with van der Waals surface area (Å²) in [6.07, 6.45) is 1.47. The van der Waals surface area contributed by atoms with Crippen LogP contribution in [0.15, 0.2) is 55.6 Å². The van der Waals surface area contributed by atoms with Gasteiger partial charge in [-0.05, 0) is 18.2 Å². The number of thioether (sulfide) groups is 1. The Bertz CT molecular complexity index is 1010. The molecule has 0 aliphatic rings. The number of carbonyl (C=O) groups excluding carboxylic acids is 1. The topological polar surface area (TPSA) is 146 Å². The Morgan fingerprint density at radius 3 is 2.89 bits per heavy atom. The van der Waals surface area contributed by atoms with Crippen LogP contribution in [0.25, 0.3) is 11.7 Å². The van der Waals surface area contributed by atoms with Crippen molar-refractivity contribution in [2.24, 2.45) is 5.10 Å². The Kier molecular flexibility index (Phi) is 6.01. The Labute approximate surface area is 161 Å². The fraction of sp³-hybridized carbons (Fsp3) is 0.125. The van der Waals surface area contributed by atoms with E-state index in [1.54, 1.807) is 19.2 Å². The van der Waals surface area contributed by atoms with Crippen molar-refractivity contribution in [3.63, 3.8) is 0 Å². The molecule has 1 amide bonds. The lowest BCUT2D eigenvalue weighted by atomic mass is 10.2. The average molecular weight is 403 g/mol. The van der Waals surface area contributed by atoms with Gasteiger partial charge in [0.25, 0.3) is 17.0 Å². The number of nitro groups is 1. The van der Waals surface area contributed by atoms with Gasteiger partial charge >= 0.3 is 5.88 Å². The van der Waals surface area contributed by atoms with E-state index in [1.165, 1.54) is 18.3 Å². The molecule has 0 atom stereocenters. The first-order valence-corrected chi connectivity index (χ1v) is 8.71. The highest BCUT2D eigenvalue weighted by Gasteiger charge is 2.18. The predicted octanol–water partition coefficient (Wildman–Crippen LogP) is 2.49. The van der Waals surface area contributed by atoms with Gasteiger partial charge in [-0.3, -0.25) is 14.9 Å². The first-order valence-electron chi connectivity index (χ1n) is 7.72. The number of furan rings is 1. The molecule has 0 bridgehead atoms.